The molecule has 0 aliphatic carbocycles. The summed E-state index contributed by atoms with van der Waals surface area (Å²) in [5.41, 5.74) is 1.35. The van der Waals surface area contributed by atoms with Crippen molar-refractivity contribution >= 4 is 11.6 Å². The number of aryl methyl sites for hydroxylation is 2. The summed E-state index contributed by atoms with van der Waals surface area (Å²) in [7, 11) is 0. The van der Waals surface area contributed by atoms with Crippen LogP contribution in [0.3, 0.4) is 0 Å². The lowest BCUT2D eigenvalue weighted by Gasteiger charge is -2.05. The lowest BCUT2D eigenvalue weighted by molar-refractivity contribution is 0.102. The van der Waals surface area contributed by atoms with Gasteiger partial charge in [0, 0.05) is 5.56 Å². The number of carbonyl (C=O) groups is 1. The Morgan fingerprint density at radius 2 is 2.00 bits per heavy atom. The smallest absolute Gasteiger partial charge is 0.259 e. The molecule has 17 heavy (non-hydrogen) atoms. The molecular formula is C13H12FNO2. The van der Waals surface area contributed by atoms with Crippen LogP contribution in [0.5, 0.6) is 0 Å². The third-order valence-corrected chi connectivity index (χ3v) is 2.51. The Morgan fingerprint density at radius 3 is 2.59 bits per heavy atom. The van der Waals surface area contributed by atoms with Crippen molar-refractivity contribution in [2.24, 2.45) is 0 Å². The van der Waals surface area contributed by atoms with Crippen LogP contribution >= 0.6 is 0 Å². The first-order chi connectivity index (χ1) is 8.09. The summed E-state index contributed by atoms with van der Waals surface area (Å²) in [6, 6.07) is 6.04. The first-order valence-electron chi connectivity index (χ1n) is 5.20. The average Bonchev–Trinajstić information content (AvgIpc) is 2.62. The number of halogens is 1. The number of anilines is 1. The molecule has 0 aliphatic heterocycles. The first kappa shape index (κ1) is 11.4. The topological polar surface area (TPSA) is 42.2 Å². The zero-order valence-corrected chi connectivity index (χ0v) is 9.58. The molecule has 0 atom stereocenters. The maximum absolute atomic E-state index is 13.4. The normalized spacial score (nSPS) is 10.3. The van der Waals surface area contributed by atoms with E-state index in [0.29, 0.717) is 11.3 Å². The SMILES string of the molecule is Cc1coc(C)c1C(=O)Nc1ccccc1F. The molecule has 2 aromatic rings. The summed E-state index contributed by atoms with van der Waals surface area (Å²) in [6.07, 6.45) is 1.51. The van der Waals surface area contributed by atoms with Gasteiger partial charge in [0.15, 0.2) is 0 Å². The summed E-state index contributed by atoms with van der Waals surface area (Å²) < 4.78 is 18.5. The van der Waals surface area contributed by atoms with E-state index in [-0.39, 0.29) is 11.6 Å². The van der Waals surface area contributed by atoms with E-state index in [9.17, 15) is 9.18 Å². The molecule has 1 aromatic carbocycles. The van der Waals surface area contributed by atoms with Gasteiger partial charge in [-0.1, -0.05) is 12.1 Å². The van der Waals surface area contributed by atoms with Gasteiger partial charge in [-0.05, 0) is 26.0 Å². The maximum atomic E-state index is 13.4. The van der Waals surface area contributed by atoms with Gasteiger partial charge in [0.25, 0.3) is 5.91 Å². The quantitative estimate of drug-likeness (QED) is 0.864. The van der Waals surface area contributed by atoms with Crippen molar-refractivity contribution < 1.29 is 13.6 Å². The van der Waals surface area contributed by atoms with Gasteiger partial charge in [-0.3, -0.25) is 4.79 Å². The monoisotopic (exact) mass is 233 g/mol. The third-order valence-electron chi connectivity index (χ3n) is 2.51. The molecule has 88 valence electrons. The van der Waals surface area contributed by atoms with Crippen LogP contribution in [0, 0.1) is 19.7 Å². The van der Waals surface area contributed by atoms with E-state index >= 15 is 0 Å². The molecule has 3 nitrogen and oxygen atoms in total. The molecule has 1 amide bonds. The molecule has 0 aliphatic rings. The van der Waals surface area contributed by atoms with Gasteiger partial charge in [0.05, 0.1) is 17.5 Å². The summed E-state index contributed by atoms with van der Waals surface area (Å²) in [5.74, 6) is -0.296. The van der Waals surface area contributed by atoms with Gasteiger partial charge < -0.3 is 9.73 Å². The number of benzene rings is 1. The minimum absolute atomic E-state index is 0.164. The van der Waals surface area contributed by atoms with E-state index in [1.165, 1.54) is 18.4 Å². The average molecular weight is 233 g/mol. The van der Waals surface area contributed by atoms with Crippen LogP contribution in [0.4, 0.5) is 10.1 Å². The van der Waals surface area contributed by atoms with E-state index < -0.39 is 5.82 Å². The van der Waals surface area contributed by atoms with Gasteiger partial charge in [-0.15, -0.1) is 0 Å². The molecule has 0 saturated heterocycles. The molecule has 0 saturated carbocycles. The lowest BCUT2D eigenvalue weighted by atomic mass is 10.1. The highest BCUT2D eigenvalue weighted by atomic mass is 19.1. The molecule has 1 aromatic heterocycles. The second kappa shape index (κ2) is 4.41. The molecule has 2 rings (SSSR count). The predicted molar refractivity (Wildman–Crippen MR) is 62.5 cm³/mol. The lowest BCUT2D eigenvalue weighted by Crippen LogP contribution is -2.14. The zero-order chi connectivity index (χ0) is 12.4. The number of rotatable bonds is 2. The molecule has 1 heterocycles. The second-order valence-electron chi connectivity index (χ2n) is 3.78. The van der Waals surface area contributed by atoms with E-state index in [1.54, 1.807) is 26.0 Å². The van der Waals surface area contributed by atoms with E-state index in [1.807, 2.05) is 0 Å². The molecule has 0 unspecified atom stereocenters. The highest BCUT2D eigenvalue weighted by molar-refractivity contribution is 6.05. The number of nitrogens with one attached hydrogen (secondary N) is 1. The van der Waals surface area contributed by atoms with E-state index in [2.05, 4.69) is 5.32 Å². The molecule has 0 fully saturated rings. The largest absolute Gasteiger partial charge is 0.469 e. The standard InChI is InChI=1S/C13H12FNO2/c1-8-7-17-9(2)12(8)13(16)15-11-6-4-3-5-10(11)14/h3-7H,1-2H3,(H,15,16). The fraction of sp³-hybridized carbons (Fsp3) is 0.154. The first-order valence-corrected chi connectivity index (χ1v) is 5.20. The van der Waals surface area contributed by atoms with Crippen LogP contribution in [0.25, 0.3) is 0 Å². The number of hydrogen-bond acceptors (Lipinski definition) is 2. The summed E-state index contributed by atoms with van der Waals surface area (Å²) in [4.78, 5) is 11.9. The molecule has 0 radical (unpaired) electrons. The van der Waals surface area contributed by atoms with Crippen LogP contribution < -0.4 is 5.32 Å². The Hall–Kier alpha value is -2.10. The molecule has 0 spiro atoms. The molecular weight excluding hydrogens is 221 g/mol. The van der Waals surface area contributed by atoms with Gasteiger partial charge in [-0.2, -0.15) is 0 Å². The maximum Gasteiger partial charge on any atom is 0.259 e. The van der Waals surface area contributed by atoms with Gasteiger partial charge in [0.1, 0.15) is 11.6 Å². The Balaban J connectivity index is 2.27. The zero-order valence-electron chi connectivity index (χ0n) is 9.58. The second-order valence-corrected chi connectivity index (χ2v) is 3.78. The van der Waals surface area contributed by atoms with Gasteiger partial charge in [-0.25, -0.2) is 4.39 Å². The van der Waals surface area contributed by atoms with E-state index in [0.717, 1.165) is 5.56 Å². The Bertz CT molecular complexity index is 541. The highest BCUT2D eigenvalue weighted by Crippen LogP contribution is 2.19. The number of hydrogen-bond donors (Lipinski definition) is 1. The van der Waals surface area contributed by atoms with Crippen LogP contribution in [0.2, 0.25) is 0 Å². The van der Waals surface area contributed by atoms with Crippen molar-refractivity contribution in [3.63, 3.8) is 0 Å². The minimum Gasteiger partial charge on any atom is -0.469 e. The number of carbonyl (C=O) groups excluding carboxylic acids is 1. The number of amides is 1. The Morgan fingerprint density at radius 1 is 1.29 bits per heavy atom. The minimum atomic E-state index is -0.459. The van der Waals surface area contributed by atoms with Crippen LogP contribution in [0.15, 0.2) is 34.9 Å². The van der Waals surface area contributed by atoms with Crippen LogP contribution in [-0.2, 0) is 0 Å². The third kappa shape index (κ3) is 2.20. The fourth-order valence-electron chi connectivity index (χ4n) is 1.66. The molecule has 1 N–H and O–H groups in total. The summed E-state index contributed by atoms with van der Waals surface area (Å²) >= 11 is 0. The number of furan rings is 1. The van der Waals surface area contributed by atoms with Crippen molar-refractivity contribution in [1.82, 2.24) is 0 Å². The number of para-hydroxylation sites is 1. The van der Waals surface area contributed by atoms with Gasteiger partial charge >= 0.3 is 0 Å². The van der Waals surface area contributed by atoms with Gasteiger partial charge in [0.2, 0.25) is 0 Å². The highest BCUT2D eigenvalue weighted by Gasteiger charge is 2.16. The van der Waals surface area contributed by atoms with Crippen molar-refractivity contribution in [2.75, 3.05) is 5.32 Å². The predicted octanol–water partition coefficient (Wildman–Crippen LogP) is 3.29. The van der Waals surface area contributed by atoms with Crippen LogP contribution in [-0.4, -0.2) is 5.91 Å². The Labute approximate surface area is 98.3 Å². The molecule has 0 bridgehead atoms. The van der Waals surface area contributed by atoms with Crippen molar-refractivity contribution in [3.05, 3.63) is 53.2 Å². The summed E-state index contributed by atoms with van der Waals surface area (Å²) in [5, 5.41) is 2.52. The van der Waals surface area contributed by atoms with Crippen molar-refractivity contribution in [2.45, 2.75) is 13.8 Å². The molecule has 4 heteroatoms. The van der Waals surface area contributed by atoms with Crippen LogP contribution in [0.1, 0.15) is 21.7 Å². The van der Waals surface area contributed by atoms with E-state index in [4.69, 9.17) is 4.42 Å². The summed E-state index contributed by atoms with van der Waals surface area (Å²) in [6.45, 7) is 3.47. The van der Waals surface area contributed by atoms with Crippen molar-refractivity contribution in [3.8, 4) is 0 Å². The fourth-order valence-corrected chi connectivity index (χ4v) is 1.66. The van der Waals surface area contributed by atoms with Crippen molar-refractivity contribution in [1.29, 1.82) is 0 Å². The Kier molecular flexibility index (Phi) is 2.95.